The quantitative estimate of drug-likeness (QED) is 0.732. The third-order valence-corrected chi connectivity index (χ3v) is 6.55. The van der Waals surface area contributed by atoms with Gasteiger partial charge in [0.05, 0.1) is 11.1 Å². The Morgan fingerprint density at radius 2 is 1.89 bits per heavy atom. The molecule has 3 aromatic rings. The van der Waals surface area contributed by atoms with Gasteiger partial charge in [-0.3, -0.25) is 9.78 Å². The first-order valence-corrected chi connectivity index (χ1v) is 9.93. The van der Waals surface area contributed by atoms with Crippen LogP contribution in [0.25, 0.3) is 10.9 Å². The fourth-order valence-electron chi connectivity index (χ4n) is 5.31. The van der Waals surface area contributed by atoms with E-state index < -0.39 is 0 Å². The van der Waals surface area contributed by atoms with E-state index in [1.807, 2.05) is 30.3 Å². The number of benzene rings is 2. The Morgan fingerprint density at radius 1 is 1.07 bits per heavy atom. The monoisotopic (exact) mass is 356 g/mol. The molecule has 0 aliphatic heterocycles. The molecule has 2 fully saturated rings. The second-order valence-electron chi connectivity index (χ2n) is 8.27. The molecule has 136 valence electrons. The number of hydrogen-bond donors (Lipinski definition) is 1. The minimum absolute atomic E-state index is 0.0109. The van der Waals surface area contributed by atoms with Crippen molar-refractivity contribution in [2.24, 2.45) is 11.8 Å². The van der Waals surface area contributed by atoms with Gasteiger partial charge in [-0.25, -0.2) is 0 Å². The standard InChI is InChI=1S/C24H24N2O/c27-23(20-13-19-8-4-5-9-22(19)25-16-20)26-24(14-17-6-2-1-3-7-17)15-18-10-11-21(24)12-18/h1-9,13,16,18,21H,10-12,14-15H2,(H,26,27). The summed E-state index contributed by atoms with van der Waals surface area (Å²) in [4.78, 5) is 17.6. The minimum Gasteiger partial charge on any atom is -0.346 e. The van der Waals surface area contributed by atoms with E-state index in [0.717, 1.165) is 29.7 Å². The van der Waals surface area contributed by atoms with Gasteiger partial charge in [0.1, 0.15) is 0 Å². The SMILES string of the molecule is O=C(NC1(Cc2ccccc2)CC2CCC1C2)c1cnc2ccccc2c1. The van der Waals surface area contributed by atoms with Gasteiger partial charge < -0.3 is 5.32 Å². The van der Waals surface area contributed by atoms with Gasteiger partial charge in [-0.05, 0) is 61.6 Å². The van der Waals surface area contributed by atoms with Gasteiger partial charge in [0.2, 0.25) is 0 Å². The maximum Gasteiger partial charge on any atom is 0.253 e. The normalized spacial score (nSPS) is 26.4. The Kier molecular flexibility index (Phi) is 3.96. The van der Waals surface area contributed by atoms with Crippen LogP contribution in [-0.2, 0) is 6.42 Å². The predicted molar refractivity (Wildman–Crippen MR) is 108 cm³/mol. The molecule has 27 heavy (non-hydrogen) atoms. The van der Waals surface area contributed by atoms with Gasteiger partial charge in [0, 0.05) is 17.1 Å². The molecule has 0 saturated heterocycles. The van der Waals surface area contributed by atoms with E-state index in [1.165, 1.54) is 24.8 Å². The lowest BCUT2D eigenvalue weighted by atomic mass is 9.76. The van der Waals surface area contributed by atoms with E-state index in [4.69, 9.17) is 0 Å². The molecule has 1 aromatic heterocycles. The third kappa shape index (κ3) is 3.01. The predicted octanol–water partition coefficient (Wildman–Crippen LogP) is 4.77. The van der Waals surface area contributed by atoms with Crippen molar-refractivity contribution in [3.63, 3.8) is 0 Å². The zero-order chi connectivity index (χ0) is 18.3. The second kappa shape index (κ2) is 6.49. The summed E-state index contributed by atoms with van der Waals surface area (Å²) in [5, 5.41) is 4.48. The highest BCUT2D eigenvalue weighted by atomic mass is 16.1. The Labute approximate surface area is 159 Å². The van der Waals surface area contributed by atoms with Crippen LogP contribution in [0.5, 0.6) is 0 Å². The van der Waals surface area contributed by atoms with Crippen LogP contribution in [0.4, 0.5) is 0 Å². The van der Waals surface area contributed by atoms with E-state index >= 15 is 0 Å². The average Bonchev–Trinajstić information content (AvgIpc) is 3.29. The summed E-state index contributed by atoms with van der Waals surface area (Å²) < 4.78 is 0. The van der Waals surface area contributed by atoms with Crippen molar-refractivity contribution in [2.45, 2.75) is 37.6 Å². The van der Waals surface area contributed by atoms with Crippen LogP contribution >= 0.6 is 0 Å². The average molecular weight is 356 g/mol. The van der Waals surface area contributed by atoms with Crippen LogP contribution < -0.4 is 5.32 Å². The molecule has 3 unspecified atom stereocenters. The number of rotatable bonds is 4. The first-order chi connectivity index (χ1) is 13.2. The number of aromatic nitrogens is 1. The molecule has 3 nitrogen and oxygen atoms in total. The smallest absolute Gasteiger partial charge is 0.253 e. The highest BCUT2D eigenvalue weighted by Gasteiger charge is 2.51. The number of para-hydroxylation sites is 1. The van der Waals surface area contributed by atoms with Crippen molar-refractivity contribution in [3.05, 3.63) is 78.0 Å². The number of hydrogen-bond acceptors (Lipinski definition) is 2. The molecule has 1 amide bonds. The Bertz CT molecular complexity index is 984. The molecule has 1 heterocycles. The Morgan fingerprint density at radius 3 is 2.67 bits per heavy atom. The molecular weight excluding hydrogens is 332 g/mol. The fraction of sp³-hybridized carbons (Fsp3) is 0.333. The molecule has 3 heteroatoms. The van der Waals surface area contributed by atoms with Crippen molar-refractivity contribution < 1.29 is 4.79 Å². The molecule has 2 bridgehead atoms. The molecule has 2 aliphatic rings. The van der Waals surface area contributed by atoms with Crippen molar-refractivity contribution in [1.29, 1.82) is 0 Å². The molecule has 2 saturated carbocycles. The number of carbonyl (C=O) groups is 1. The zero-order valence-electron chi connectivity index (χ0n) is 15.4. The summed E-state index contributed by atoms with van der Waals surface area (Å²) in [7, 11) is 0. The number of nitrogens with one attached hydrogen (secondary N) is 1. The summed E-state index contributed by atoms with van der Waals surface area (Å²) in [6.45, 7) is 0. The highest BCUT2D eigenvalue weighted by Crippen LogP contribution is 2.52. The van der Waals surface area contributed by atoms with Crippen LogP contribution in [0.2, 0.25) is 0 Å². The summed E-state index contributed by atoms with van der Waals surface area (Å²) in [5.41, 5.74) is 2.77. The Hall–Kier alpha value is -2.68. The van der Waals surface area contributed by atoms with E-state index in [9.17, 15) is 4.79 Å². The summed E-state index contributed by atoms with van der Waals surface area (Å²) >= 11 is 0. The maximum atomic E-state index is 13.2. The van der Waals surface area contributed by atoms with Crippen LogP contribution in [0.3, 0.4) is 0 Å². The molecular formula is C24H24N2O. The first-order valence-electron chi connectivity index (χ1n) is 9.93. The van der Waals surface area contributed by atoms with Crippen molar-refractivity contribution in [1.82, 2.24) is 10.3 Å². The first kappa shape index (κ1) is 16.5. The number of carbonyl (C=O) groups excluding carboxylic acids is 1. The molecule has 1 N–H and O–H groups in total. The largest absolute Gasteiger partial charge is 0.346 e. The van der Waals surface area contributed by atoms with Gasteiger partial charge in [0.25, 0.3) is 5.91 Å². The summed E-state index contributed by atoms with van der Waals surface area (Å²) in [5.74, 6) is 1.35. The zero-order valence-corrected chi connectivity index (χ0v) is 15.4. The van der Waals surface area contributed by atoms with E-state index in [1.54, 1.807) is 6.20 Å². The van der Waals surface area contributed by atoms with Crippen LogP contribution in [0.1, 0.15) is 41.6 Å². The fourth-order valence-corrected chi connectivity index (χ4v) is 5.31. The van der Waals surface area contributed by atoms with Crippen LogP contribution in [0.15, 0.2) is 66.9 Å². The van der Waals surface area contributed by atoms with Gasteiger partial charge in [-0.15, -0.1) is 0 Å². The maximum absolute atomic E-state index is 13.2. The third-order valence-electron chi connectivity index (χ3n) is 6.55. The molecule has 3 atom stereocenters. The van der Waals surface area contributed by atoms with Crippen LogP contribution in [-0.4, -0.2) is 16.4 Å². The molecule has 2 aliphatic carbocycles. The highest BCUT2D eigenvalue weighted by molar-refractivity contribution is 5.97. The van der Waals surface area contributed by atoms with Gasteiger partial charge in [0.15, 0.2) is 0 Å². The molecule has 0 spiro atoms. The summed E-state index contributed by atoms with van der Waals surface area (Å²) in [6, 6.07) is 20.5. The number of fused-ring (bicyclic) bond motifs is 3. The van der Waals surface area contributed by atoms with Crippen LogP contribution in [0, 0.1) is 11.8 Å². The second-order valence-corrected chi connectivity index (χ2v) is 8.27. The lowest BCUT2D eigenvalue weighted by molar-refractivity contribution is 0.0851. The Balaban J connectivity index is 1.45. The number of nitrogens with zero attached hydrogens (tertiary/aromatic N) is 1. The molecule has 2 aromatic carbocycles. The minimum atomic E-state index is -0.118. The number of pyridine rings is 1. The van der Waals surface area contributed by atoms with Crippen molar-refractivity contribution >= 4 is 16.8 Å². The van der Waals surface area contributed by atoms with Crippen molar-refractivity contribution in [3.8, 4) is 0 Å². The van der Waals surface area contributed by atoms with E-state index in [2.05, 4.69) is 40.6 Å². The van der Waals surface area contributed by atoms with Gasteiger partial charge in [-0.1, -0.05) is 48.5 Å². The molecule has 5 rings (SSSR count). The van der Waals surface area contributed by atoms with E-state index in [-0.39, 0.29) is 11.4 Å². The number of amides is 1. The van der Waals surface area contributed by atoms with E-state index in [0.29, 0.717) is 11.5 Å². The lowest BCUT2D eigenvalue weighted by Gasteiger charge is -2.39. The summed E-state index contributed by atoms with van der Waals surface area (Å²) in [6.07, 6.45) is 7.52. The van der Waals surface area contributed by atoms with Gasteiger partial charge in [-0.2, -0.15) is 0 Å². The lowest BCUT2D eigenvalue weighted by Crippen LogP contribution is -2.53. The molecule has 0 radical (unpaired) electrons. The van der Waals surface area contributed by atoms with Gasteiger partial charge >= 0.3 is 0 Å². The topological polar surface area (TPSA) is 42.0 Å². The van der Waals surface area contributed by atoms with Crippen molar-refractivity contribution in [2.75, 3.05) is 0 Å².